The molecule has 0 bridgehead atoms. The lowest BCUT2D eigenvalue weighted by molar-refractivity contribution is -0.135. The van der Waals surface area contributed by atoms with Gasteiger partial charge in [-0.15, -0.1) is 0 Å². The summed E-state index contributed by atoms with van der Waals surface area (Å²) >= 11 is 0. The average molecular weight is 367 g/mol. The van der Waals surface area contributed by atoms with Crippen LogP contribution in [0, 0.1) is 6.92 Å². The summed E-state index contributed by atoms with van der Waals surface area (Å²) in [7, 11) is -1.85. The Kier molecular flexibility index (Phi) is 5.17. The van der Waals surface area contributed by atoms with Gasteiger partial charge in [-0.1, -0.05) is 17.7 Å². The number of esters is 1. The van der Waals surface area contributed by atoms with Gasteiger partial charge >= 0.3 is 5.97 Å². The summed E-state index contributed by atoms with van der Waals surface area (Å²) in [5.41, 5.74) is 0.458. The van der Waals surface area contributed by atoms with Crippen molar-refractivity contribution in [1.82, 2.24) is 4.31 Å². The second-order valence-corrected chi connectivity index (χ2v) is 7.05. The fraction of sp³-hybridized carbons (Fsp3) is 0.250. The van der Waals surface area contributed by atoms with Gasteiger partial charge in [-0.25, -0.2) is 17.5 Å². The van der Waals surface area contributed by atoms with Gasteiger partial charge in [0.15, 0.2) is 0 Å². The van der Waals surface area contributed by atoms with Gasteiger partial charge in [0.1, 0.15) is 17.1 Å². The van der Waals surface area contributed by atoms with Gasteiger partial charge in [-0.2, -0.15) is 0 Å². The lowest BCUT2D eigenvalue weighted by Gasteiger charge is -2.17. The highest BCUT2D eigenvalue weighted by Crippen LogP contribution is 2.29. The first-order valence-electron chi connectivity index (χ1n) is 7.12. The number of carbonyl (C=O) groups excluding carboxylic acids is 2. The van der Waals surface area contributed by atoms with Crippen molar-refractivity contribution in [2.45, 2.75) is 11.8 Å². The topological polar surface area (TPSA) is 110 Å². The van der Waals surface area contributed by atoms with Crippen molar-refractivity contribution in [2.75, 3.05) is 20.8 Å². The van der Waals surface area contributed by atoms with Crippen molar-refractivity contribution in [3.8, 4) is 0 Å². The first-order chi connectivity index (χ1) is 11.7. The number of hydrogen-bond donors (Lipinski definition) is 1. The number of aliphatic hydroxyl groups excluding tert-OH is 1. The maximum Gasteiger partial charge on any atom is 0.334 e. The predicted molar refractivity (Wildman–Crippen MR) is 86.8 cm³/mol. The zero-order valence-electron chi connectivity index (χ0n) is 13.8. The maximum atomic E-state index is 12.7. The number of aryl methyl sites for hydroxylation is 1. The van der Waals surface area contributed by atoms with E-state index in [9.17, 15) is 23.1 Å². The van der Waals surface area contributed by atoms with Crippen molar-refractivity contribution in [3.63, 3.8) is 0 Å². The second-order valence-electron chi connectivity index (χ2n) is 5.19. The molecule has 1 N–H and O–H groups in total. The van der Waals surface area contributed by atoms with E-state index >= 15 is 0 Å². The first-order valence-corrected chi connectivity index (χ1v) is 8.56. The summed E-state index contributed by atoms with van der Waals surface area (Å²) < 4.78 is 35.2. The zero-order chi connectivity index (χ0) is 18.8. The number of amides is 1. The minimum Gasteiger partial charge on any atom is -0.509 e. The Morgan fingerprint density at radius 1 is 1.20 bits per heavy atom. The van der Waals surface area contributed by atoms with Crippen LogP contribution in [0.25, 0.3) is 0 Å². The minimum absolute atomic E-state index is 0.0867. The number of rotatable bonds is 5. The standard InChI is InChI=1S/C16H17NO7S/c1-10-4-6-11(7-5-10)25(21,22)17-9-12(18)15(16(17)20)13(23-2)8-14(19)24-3/h4-8,18H,9H2,1-3H3/b13-8-. The Morgan fingerprint density at radius 2 is 1.80 bits per heavy atom. The van der Waals surface area contributed by atoms with E-state index in [0.29, 0.717) is 4.31 Å². The normalized spacial score (nSPS) is 15.6. The molecule has 1 aromatic carbocycles. The Labute approximate surface area is 145 Å². The van der Waals surface area contributed by atoms with E-state index in [1.807, 2.05) is 0 Å². The third-order valence-electron chi connectivity index (χ3n) is 3.55. The summed E-state index contributed by atoms with van der Waals surface area (Å²) in [4.78, 5) is 23.8. The molecule has 0 spiro atoms. The lowest BCUT2D eigenvalue weighted by Crippen LogP contribution is -2.34. The Hall–Kier alpha value is -2.81. The Morgan fingerprint density at radius 3 is 2.32 bits per heavy atom. The van der Waals surface area contributed by atoms with Crippen LogP contribution in [0.5, 0.6) is 0 Å². The van der Waals surface area contributed by atoms with Gasteiger partial charge in [-0.3, -0.25) is 4.79 Å². The highest BCUT2D eigenvalue weighted by atomic mass is 32.2. The molecule has 1 aliphatic heterocycles. The summed E-state index contributed by atoms with van der Waals surface area (Å²) in [5, 5.41) is 10.1. The van der Waals surface area contributed by atoms with Gasteiger partial charge in [0.2, 0.25) is 0 Å². The third-order valence-corrected chi connectivity index (χ3v) is 5.29. The van der Waals surface area contributed by atoms with Crippen molar-refractivity contribution in [3.05, 3.63) is 53.0 Å². The zero-order valence-corrected chi connectivity index (χ0v) is 14.7. The largest absolute Gasteiger partial charge is 0.509 e. The minimum atomic E-state index is -4.16. The van der Waals surface area contributed by atoms with Gasteiger partial charge in [0, 0.05) is 0 Å². The number of hydrogen-bond acceptors (Lipinski definition) is 7. The van der Waals surface area contributed by atoms with E-state index < -0.39 is 39.8 Å². The number of methoxy groups -OCH3 is 2. The van der Waals surface area contributed by atoms with Gasteiger partial charge < -0.3 is 14.6 Å². The molecule has 25 heavy (non-hydrogen) atoms. The van der Waals surface area contributed by atoms with E-state index in [1.54, 1.807) is 19.1 Å². The van der Waals surface area contributed by atoms with Crippen LogP contribution in [0.3, 0.4) is 0 Å². The molecule has 1 aliphatic rings. The molecule has 0 atom stereocenters. The van der Waals surface area contributed by atoms with Gasteiger partial charge in [-0.05, 0) is 19.1 Å². The quantitative estimate of drug-likeness (QED) is 0.470. The summed E-state index contributed by atoms with van der Waals surface area (Å²) in [6.07, 6.45) is 0.853. The van der Waals surface area contributed by atoms with Crippen LogP contribution in [-0.2, 0) is 29.1 Å². The van der Waals surface area contributed by atoms with E-state index in [0.717, 1.165) is 18.7 Å². The van der Waals surface area contributed by atoms with Crippen LogP contribution < -0.4 is 0 Å². The molecule has 1 heterocycles. The average Bonchev–Trinajstić information content (AvgIpc) is 2.88. The van der Waals surface area contributed by atoms with Crippen LogP contribution in [-0.4, -0.2) is 50.5 Å². The fourth-order valence-corrected chi connectivity index (χ4v) is 3.55. The highest BCUT2D eigenvalue weighted by molar-refractivity contribution is 7.89. The van der Waals surface area contributed by atoms with Crippen molar-refractivity contribution < 1.29 is 32.6 Å². The molecule has 0 radical (unpaired) electrons. The first kappa shape index (κ1) is 18.5. The van der Waals surface area contributed by atoms with E-state index in [1.165, 1.54) is 19.2 Å². The molecule has 0 saturated carbocycles. The number of sulfonamides is 1. The monoisotopic (exact) mass is 367 g/mol. The predicted octanol–water partition coefficient (Wildman–Crippen LogP) is 1.04. The van der Waals surface area contributed by atoms with Crippen LogP contribution in [0.4, 0.5) is 0 Å². The highest BCUT2D eigenvalue weighted by Gasteiger charge is 2.41. The molecular weight excluding hydrogens is 350 g/mol. The van der Waals surface area contributed by atoms with Crippen LogP contribution >= 0.6 is 0 Å². The van der Waals surface area contributed by atoms with Crippen LogP contribution in [0.15, 0.2) is 52.3 Å². The van der Waals surface area contributed by atoms with E-state index in [2.05, 4.69) is 4.74 Å². The number of aliphatic hydroxyl groups is 1. The molecular formula is C16H17NO7S. The molecule has 134 valence electrons. The van der Waals surface area contributed by atoms with Crippen LogP contribution in [0.1, 0.15) is 5.56 Å². The number of benzene rings is 1. The smallest absolute Gasteiger partial charge is 0.334 e. The summed E-state index contributed by atoms with van der Waals surface area (Å²) in [6.45, 7) is 1.25. The van der Waals surface area contributed by atoms with Crippen molar-refractivity contribution >= 4 is 21.9 Å². The molecule has 8 nitrogen and oxygen atoms in total. The van der Waals surface area contributed by atoms with Crippen molar-refractivity contribution in [2.24, 2.45) is 0 Å². The molecule has 0 fully saturated rings. The molecule has 0 saturated heterocycles. The molecule has 1 aromatic rings. The molecule has 0 aliphatic carbocycles. The van der Waals surface area contributed by atoms with Gasteiger partial charge in [0.25, 0.3) is 15.9 Å². The van der Waals surface area contributed by atoms with E-state index in [4.69, 9.17) is 4.74 Å². The lowest BCUT2D eigenvalue weighted by atomic mass is 10.2. The Bertz CT molecular complexity index is 866. The summed E-state index contributed by atoms with van der Waals surface area (Å²) in [5.74, 6) is -2.60. The van der Waals surface area contributed by atoms with E-state index in [-0.39, 0.29) is 10.7 Å². The molecule has 0 unspecified atom stereocenters. The third kappa shape index (κ3) is 3.50. The van der Waals surface area contributed by atoms with Crippen LogP contribution in [0.2, 0.25) is 0 Å². The number of nitrogens with zero attached hydrogens (tertiary/aromatic N) is 1. The summed E-state index contributed by atoms with van der Waals surface area (Å²) in [6, 6.07) is 5.93. The van der Waals surface area contributed by atoms with Gasteiger partial charge in [0.05, 0.1) is 31.7 Å². The molecule has 2 rings (SSSR count). The SMILES string of the molecule is COC(=O)/C=C(\OC)C1=C(O)CN(S(=O)(=O)c2ccc(C)cc2)C1=O. The fourth-order valence-electron chi connectivity index (χ4n) is 2.21. The van der Waals surface area contributed by atoms with Crippen molar-refractivity contribution in [1.29, 1.82) is 0 Å². The number of carbonyl (C=O) groups is 2. The Balaban J connectivity index is 2.40. The number of ether oxygens (including phenoxy) is 2. The molecule has 0 aromatic heterocycles. The molecule has 9 heteroatoms. The second kappa shape index (κ2) is 6.98. The molecule has 1 amide bonds. The maximum absolute atomic E-state index is 12.7.